The normalized spacial score (nSPS) is 12.4. The van der Waals surface area contributed by atoms with Gasteiger partial charge in [-0.25, -0.2) is 31.1 Å². The van der Waals surface area contributed by atoms with E-state index in [0.717, 1.165) is 0 Å². The third-order valence-electron chi connectivity index (χ3n) is 3.68. The molecular weight excluding hydrogens is 433 g/mol. The van der Waals surface area contributed by atoms with Crippen LogP contribution in [0.1, 0.15) is 5.76 Å². The van der Waals surface area contributed by atoms with Crippen LogP contribution in [-0.2, 0) is 16.2 Å². The minimum atomic E-state index is -5.26. The van der Waals surface area contributed by atoms with Crippen molar-refractivity contribution < 1.29 is 43.7 Å². The van der Waals surface area contributed by atoms with E-state index in [1.165, 1.54) is 0 Å². The predicted octanol–water partition coefficient (Wildman–Crippen LogP) is 4.23. The molecule has 2 N–H and O–H groups in total. The van der Waals surface area contributed by atoms with Gasteiger partial charge in [0.15, 0.2) is 0 Å². The molecule has 0 saturated carbocycles. The Morgan fingerprint density at radius 3 is 2.00 bits per heavy atom. The molecule has 1 aromatic heterocycles. The molecule has 0 unspecified atom stereocenters. The average Bonchev–Trinajstić information content (AvgIpc) is 2.99. The molecule has 0 bridgehead atoms. The summed E-state index contributed by atoms with van der Waals surface area (Å²) < 4.78 is 122. The maximum Gasteiger partial charge on any atom is 0.453 e. The van der Waals surface area contributed by atoms with E-state index in [4.69, 9.17) is 5.14 Å². The molecule has 13 heteroatoms. The van der Waals surface area contributed by atoms with Crippen LogP contribution in [0.15, 0.2) is 39.8 Å². The lowest BCUT2D eigenvalue weighted by atomic mass is 9.98. The second-order valence-corrected chi connectivity index (χ2v) is 7.23. The summed E-state index contributed by atoms with van der Waals surface area (Å²) in [4.78, 5) is -1.30. The highest BCUT2D eigenvalue weighted by molar-refractivity contribution is 7.89. The van der Waals surface area contributed by atoms with Gasteiger partial charge >= 0.3 is 6.18 Å². The van der Waals surface area contributed by atoms with Crippen LogP contribution < -0.4 is 5.14 Å². The minimum Gasteiger partial charge on any atom is -0.350 e. The van der Waals surface area contributed by atoms with Gasteiger partial charge in [0.05, 0.1) is 5.56 Å². The van der Waals surface area contributed by atoms with Crippen LogP contribution in [0.5, 0.6) is 0 Å². The molecule has 0 atom stereocenters. The van der Waals surface area contributed by atoms with Crippen LogP contribution in [0.25, 0.3) is 22.4 Å². The summed E-state index contributed by atoms with van der Waals surface area (Å²) >= 11 is 0. The fraction of sp³-hybridized carbons (Fsp3) is 0.0625. The Bertz CT molecular complexity index is 1200. The van der Waals surface area contributed by atoms with Gasteiger partial charge in [-0.15, -0.1) is 0 Å². The van der Waals surface area contributed by atoms with Gasteiger partial charge in [0.1, 0.15) is 33.9 Å². The highest BCUT2D eigenvalue weighted by Gasteiger charge is 2.42. The number of hydrogen-bond acceptors (Lipinski definition) is 4. The Kier molecular flexibility index (Phi) is 4.91. The quantitative estimate of drug-likeness (QED) is 0.618. The summed E-state index contributed by atoms with van der Waals surface area (Å²) in [5, 5.41) is 7.81. The lowest BCUT2D eigenvalue weighted by molar-refractivity contribution is -0.154. The minimum absolute atomic E-state index is 0.0725. The van der Waals surface area contributed by atoms with Gasteiger partial charge in [0, 0.05) is 17.2 Å². The number of primary sulfonamides is 1. The Balaban J connectivity index is 2.37. The third kappa shape index (κ3) is 3.96. The molecule has 0 aliphatic heterocycles. The van der Waals surface area contributed by atoms with Crippen LogP contribution in [0.2, 0.25) is 0 Å². The van der Waals surface area contributed by atoms with E-state index in [1.807, 2.05) is 0 Å². The van der Waals surface area contributed by atoms with Crippen molar-refractivity contribution in [3.63, 3.8) is 0 Å². The van der Waals surface area contributed by atoms with Crippen molar-refractivity contribution in [1.29, 1.82) is 0 Å². The average molecular weight is 440 g/mol. The summed E-state index contributed by atoms with van der Waals surface area (Å²) in [5.74, 6) is -7.53. The smallest absolute Gasteiger partial charge is 0.350 e. The maximum absolute atomic E-state index is 14.5. The van der Waals surface area contributed by atoms with Gasteiger partial charge in [0.25, 0.3) is 0 Å². The zero-order valence-electron chi connectivity index (χ0n) is 13.7. The number of nitrogens with two attached hydrogens (primary N) is 1. The summed E-state index contributed by atoms with van der Waals surface area (Å²) in [6.07, 6.45) is -5.26. The van der Waals surface area contributed by atoms with Crippen molar-refractivity contribution in [2.45, 2.75) is 11.1 Å². The molecule has 1 heterocycles. The number of nitrogens with zero attached hydrogens (tertiary/aromatic N) is 1. The summed E-state index contributed by atoms with van der Waals surface area (Å²) in [5.41, 5.74) is -3.70. The zero-order chi connectivity index (χ0) is 21.7. The van der Waals surface area contributed by atoms with E-state index in [-0.39, 0.29) is 12.1 Å². The van der Waals surface area contributed by atoms with Crippen molar-refractivity contribution in [2.75, 3.05) is 0 Å². The highest BCUT2D eigenvalue weighted by atomic mass is 32.2. The van der Waals surface area contributed by atoms with Crippen molar-refractivity contribution in [3.8, 4) is 22.4 Å². The molecular formula is C16H7F7N2O3S. The molecule has 29 heavy (non-hydrogen) atoms. The van der Waals surface area contributed by atoms with Gasteiger partial charge in [-0.05, 0) is 24.3 Å². The summed E-state index contributed by atoms with van der Waals surface area (Å²) in [7, 11) is -4.73. The second kappa shape index (κ2) is 6.84. The van der Waals surface area contributed by atoms with Crippen LogP contribution in [-0.4, -0.2) is 13.6 Å². The predicted molar refractivity (Wildman–Crippen MR) is 83.6 cm³/mol. The largest absolute Gasteiger partial charge is 0.453 e. The summed E-state index contributed by atoms with van der Waals surface area (Å²) in [6, 6.07) is 1.82. The Morgan fingerprint density at radius 2 is 1.48 bits per heavy atom. The van der Waals surface area contributed by atoms with E-state index in [1.54, 1.807) is 0 Å². The number of hydrogen-bond donors (Lipinski definition) is 1. The van der Waals surface area contributed by atoms with Crippen molar-refractivity contribution in [1.82, 2.24) is 5.16 Å². The molecule has 5 nitrogen and oxygen atoms in total. The SMILES string of the molecule is NS(=O)(=O)c1cc(F)c(-c2c(-c3cc(F)cc(F)c3)noc2C(F)(F)F)cc1F. The van der Waals surface area contributed by atoms with Crippen LogP contribution in [0.3, 0.4) is 0 Å². The fourth-order valence-electron chi connectivity index (χ4n) is 2.56. The molecule has 0 saturated heterocycles. The van der Waals surface area contributed by atoms with E-state index >= 15 is 0 Å². The second-order valence-electron chi connectivity index (χ2n) is 5.70. The van der Waals surface area contributed by atoms with Crippen molar-refractivity contribution >= 4 is 10.0 Å². The van der Waals surface area contributed by atoms with E-state index in [2.05, 4.69) is 9.68 Å². The number of aromatic nitrogens is 1. The molecule has 0 aliphatic rings. The van der Waals surface area contributed by atoms with E-state index in [0.29, 0.717) is 18.2 Å². The molecule has 0 radical (unpaired) electrons. The first-order chi connectivity index (χ1) is 13.3. The standard InChI is InChI=1S/C16H7F7N2O3S/c17-7-1-6(2-8(18)3-7)14-13(15(28-25-14)16(21,22)23)9-4-11(20)12(5-10(9)19)29(24,26)27/h1-5H,(H2,24,26,27). The molecule has 0 spiro atoms. The van der Waals surface area contributed by atoms with E-state index < -0.39 is 72.5 Å². The molecule has 3 rings (SSSR count). The monoisotopic (exact) mass is 440 g/mol. The highest BCUT2D eigenvalue weighted by Crippen LogP contribution is 2.44. The van der Waals surface area contributed by atoms with Gasteiger partial charge < -0.3 is 4.52 Å². The Morgan fingerprint density at radius 1 is 0.897 bits per heavy atom. The number of sulfonamides is 1. The summed E-state index contributed by atoms with van der Waals surface area (Å²) in [6.45, 7) is 0. The van der Waals surface area contributed by atoms with Gasteiger partial charge in [0.2, 0.25) is 15.8 Å². The van der Waals surface area contributed by atoms with Crippen LogP contribution >= 0.6 is 0 Å². The number of rotatable bonds is 3. The van der Waals surface area contributed by atoms with Crippen molar-refractivity contribution in [2.24, 2.45) is 5.14 Å². The van der Waals surface area contributed by atoms with Gasteiger partial charge in [-0.3, -0.25) is 0 Å². The van der Waals surface area contributed by atoms with Gasteiger partial charge in [-0.2, -0.15) is 13.2 Å². The Hall–Kier alpha value is -2.93. The lowest BCUT2D eigenvalue weighted by Crippen LogP contribution is -2.15. The maximum atomic E-state index is 14.5. The van der Waals surface area contributed by atoms with Crippen LogP contribution in [0.4, 0.5) is 30.7 Å². The first kappa shape index (κ1) is 20.8. The number of benzene rings is 2. The van der Waals surface area contributed by atoms with Crippen molar-refractivity contribution in [3.05, 3.63) is 59.4 Å². The van der Waals surface area contributed by atoms with E-state index in [9.17, 15) is 39.2 Å². The molecule has 3 aromatic rings. The molecule has 2 aromatic carbocycles. The van der Waals surface area contributed by atoms with Crippen LogP contribution in [0, 0.1) is 23.3 Å². The fourth-order valence-corrected chi connectivity index (χ4v) is 3.16. The topological polar surface area (TPSA) is 86.2 Å². The lowest BCUT2D eigenvalue weighted by Gasteiger charge is -2.10. The first-order valence-corrected chi connectivity index (χ1v) is 8.89. The molecule has 0 amide bonds. The number of alkyl halides is 3. The third-order valence-corrected chi connectivity index (χ3v) is 4.61. The zero-order valence-corrected chi connectivity index (χ0v) is 14.5. The van der Waals surface area contributed by atoms with Gasteiger partial charge in [-0.1, -0.05) is 5.16 Å². The molecule has 0 fully saturated rings. The molecule has 0 aliphatic carbocycles. The number of halogens is 7. The Labute approximate surface area is 157 Å². The molecule has 154 valence electrons. The first-order valence-electron chi connectivity index (χ1n) is 7.34.